The topological polar surface area (TPSA) is 50.4 Å². The van der Waals surface area contributed by atoms with E-state index in [9.17, 15) is 18.0 Å². The molecule has 1 aromatic carbocycles. The number of urea groups is 1. The Morgan fingerprint density at radius 2 is 2.00 bits per heavy atom. The summed E-state index contributed by atoms with van der Waals surface area (Å²) in [7, 11) is 0. The fraction of sp³-hybridized carbons (Fsp3) is 0.462. The van der Waals surface area contributed by atoms with Gasteiger partial charge < -0.3 is 15.4 Å². The van der Waals surface area contributed by atoms with Crippen LogP contribution in [-0.2, 0) is 17.5 Å². The van der Waals surface area contributed by atoms with Crippen LogP contribution in [0.3, 0.4) is 0 Å². The van der Waals surface area contributed by atoms with Crippen LogP contribution in [0, 0.1) is 0 Å². The van der Waals surface area contributed by atoms with Gasteiger partial charge in [-0.05, 0) is 24.1 Å². The lowest BCUT2D eigenvalue weighted by molar-refractivity contribution is -0.137. The van der Waals surface area contributed by atoms with E-state index < -0.39 is 11.7 Å². The first-order chi connectivity index (χ1) is 9.45. The fourth-order valence-electron chi connectivity index (χ4n) is 1.88. The van der Waals surface area contributed by atoms with Crippen LogP contribution in [0.2, 0.25) is 0 Å². The molecule has 1 aliphatic rings. The second-order valence-electron chi connectivity index (χ2n) is 4.58. The molecule has 0 aliphatic carbocycles. The molecular weight excluding hydrogens is 273 g/mol. The van der Waals surface area contributed by atoms with E-state index in [1.807, 2.05) is 0 Å². The second-order valence-corrected chi connectivity index (χ2v) is 4.58. The zero-order valence-corrected chi connectivity index (χ0v) is 10.7. The number of carbonyl (C=O) groups excluding carboxylic acids is 1. The largest absolute Gasteiger partial charge is 0.416 e. The van der Waals surface area contributed by atoms with Crippen LogP contribution in [0.25, 0.3) is 0 Å². The number of carbonyl (C=O) groups is 1. The van der Waals surface area contributed by atoms with Gasteiger partial charge in [0.15, 0.2) is 0 Å². The van der Waals surface area contributed by atoms with Crippen LogP contribution in [0.5, 0.6) is 0 Å². The minimum absolute atomic E-state index is 0.00241. The summed E-state index contributed by atoms with van der Waals surface area (Å²) in [4.78, 5) is 11.5. The average Bonchev–Trinajstić information content (AvgIpc) is 2.88. The molecule has 2 N–H and O–H groups in total. The van der Waals surface area contributed by atoms with Crippen molar-refractivity contribution >= 4 is 6.03 Å². The van der Waals surface area contributed by atoms with Crippen molar-refractivity contribution < 1.29 is 22.7 Å². The first kappa shape index (κ1) is 14.6. The highest BCUT2D eigenvalue weighted by atomic mass is 19.4. The van der Waals surface area contributed by atoms with Crippen LogP contribution in [-0.4, -0.2) is 25.3 Å². The predicted octanol–water partition coefficient (Wildman–Crippen LogP) is 2.29. The number of alkyl halides is 3. The third kappa shape index (κ3) is 4.12. The lowest BCUT2D eigenvalue weighted by Crippen LogP contribution is -2.42. The number of amides is 2. The maximum absolute atomic E-state index is 12.4. The number of hydrogen-bond donors (Lipinski definition) is 2. The summed E-state index contributed by atoms with van der Waals surface area (Å²) in [6.07, 6.45) is -3.57. The lowest BCUT2D eigenvalue weighted by atomic mass is 10.1. The van der Waals surface area contributed by atoms with Crippen LogP contribution in [0.1, 0.15) is 17.5 Å². The molecule has 1 atom stereocenters. The summed E-state index contributed by atoms with van der Waals surface area (Å²) in [5.74, 6) is 0. The Kier molecular flexibility index (Phi) is 4.49. The van der Waals surface area contributed by atoms with Crippen molar-refractivity contribution in [2.24, 2.45) is 0 Å². The molecule has 20 heavy (non-hydrogen) atoms. The first-order valence-corrected chi connectivity index (χ1v) is 6.23. The summed E-state index contributed by atoms with van der Waals surface area (Å²) in [5.41, 5.74) is -0.0929. The van der Waals surface area contributed by atoms with Crippen molar-refractivity contribution in [2.75, 3.05) is 13.2 Å². The molecule has 1 saturated heterocycles. The summed E-state index contributed by atoms with van der Waals surface area (Å²) < 4.78 is 42.2. The highest BCUT2D eigenvalue weighted by Gasteiger charge is 2.29. The van der Waals surface area contributed by atoms with E-state index in [0.717, 1.165) is 18.6 Å². The summed E-state index contributed by atoms with van der Waals surface area (Å²) in [5, 5.41) is 5.33. The standard InChI is InChI=1S/C13H15F3N2O2/c14-13(15,16)10-3-1-9(2-4-10)7-17-12(19)18-11-5-6-20-8-11/h1-4,11H,5-8H2,(H2,17,18,19). The molecule has 4 nitrogen and oxygen atoms in total. The molecule has 110 valence electrons. The Hall–Kier alpha value is -1.76. The number of nitrogens with one attached hydrogen (secondary N) is 2. The molecule has 0 aromatic heterocycles. The smallest absolute Gasteiger partial charge is 0.379 e. The van der Waals surface area contributed by atoms with E-state index in [1.54, 1.807) is 0 Å². The Labute approximate surface area is 114 Å². The third-order valence-electron chi connectivity index (χ3n) is 3.00. The molecule has 2 rings (SSSR count). The molecule has 2 amide bonds. The van der Waals surface area contributed by atoms with Crippen molar-refractivity contribution in [3.63, 3.8) is 0 Å². The normalized spacial score (nSPS) is 18.9. The third-order valence-corrected chi connectivity index (χ3v) is 3.00. The van der Waals surface area contributed by atoms with Crippen molar-refractivity contribution in [2.45, 2.75) is 25.2 Å². The molecule has 7 heteroatoms. The molecular formula is C13H15F3N2O2. The number of halogens is 3. The van der Waals surface area contributed by atoms with Crippen LogP contribution in [0.15, 0.2) is 24.3 Å². The molecule has 0 saturated carbocycles. The van der Waals surface area contributed by atoms with Gasteiger partial charge in [0.25, 0.3) is 0 Å². The van der Waals surface area contributed by atoms with E-state index in [1.165, 1.54) is 12.1 Å². The number of hydrogen-bond acceptors (Lipinski definition) is 2. The fourth-order valence-corrected chi connectivity index (χ4v) is 1.88. The first-order valence-electron chi connectivity index (χ1n) is 6.23. The van der Waals surface area contributed by atoms with Gasteiger partial charge in [-0.2, -0.15) is 13.2 Å². The van der Waals surface area contributed by atoms with Gasteiger partial charge in [0, 0.05) is 13.2 Å². The Morgan fingerprint density at radius 3 is 2.55 bits per heavy atom. The highest BCUT2D eigenvalue weighted by molar-refractivity contribution is 5.74. The zero-order valence-electron chi connectivity index (χ0n) is 10.7. The van der Waals surface area contributed by atoms with Crippen LogP contribution in [0.4, 0.5) is 18.0 Å². The van der Waals surface area contributed by atoms with Gasteiger partial charge in [-0.15, -0.1) is 0 Å². The van der Waals surface area contributed by atoms with E-state index >= 15 is 0 Å². The molecule has 1 heterocycles. The maximum atomic E-state index is 12.4. The molecule has 1 fully saturated rings. The molecule has 1 unspecified atom stereocenters. The van der Waals surface area contributed by atoms with Crippen molar-refractivity contribution in [1.29, 1.82) is 0 Å². The number of benzene rings is 1. The Bertz CT molecular complexity index is 454. The van der Waals surface area contributed by atoms with Crippen molar-refractivity contribution in [3.8, 4) is 0 Å². The molecule has 0 radical (unpaired) electrons. The van der Waals surface area contributed by atoms with E-state index in [0.29, 0.717) is 18.8 Å². The van der Waals surface area contributed by atoms with Gasteiger partial charge in [0.05, 0.1) is 18.2 Å². The number of ether oxygens (including phenoxy) is 1. The van der Waals surface area contributed by atoms with E-state index in [-0.39, 0.29) is 18.6 Å². The number of rotatable bonds is 3. The molecule has 1 aromatic rings. The average molecular weight is 288 g/mol. The maximum Gasteiger partial charge on any atom is 0.416 e. The van der Waals surface area contributed by atoms with Gasteiger partial charge in [-0.1, -0.05) is 12.1 Å². The predicted molar refractivity (Wildman–Crippen MR) is 66.0 cm³/mol. The zero-order chi connectivity index (χ0) is 14.6. The summed E-state index contributed by atoms with van der Waals surface area (Å²) >= 11 is 0. The quantitative estimate of drug-likeness (QED) is 0.896. The summed E-state index contributed by atoms with van der Waals surface area (Å²) in [6.45, 7) is 1.30. The van der Waals surface area contributed by atoms with E-state index in [4.69, 9.17) is 4.74 Å². The highest BCUT2D eigenvalue weighted by Crippen LogP contribution is 2.28. The van der Waals surface area contributed by atoms with Crippen molar-refractivity contribution in [1.82, 2.24) is 10.6 Å². The van der Waals surface area contributed by atoms with Crippen molar-refractivity contribution in [3.05, 3.63) is 35.4 Å². The summed E-state index contributed by atoms with van der Waals surface area (Å²) in [6, 6.07) is 4.35. The van der Waals surface area contributed by atoms with Gasteiger partial charge >= 0.3 is 12.2 Å². The Morgan fingerprint density at radius 1 is 1.30 bits per heavy atom. The van der Waals surface area contributed by atoms with E-state index in [2.05, 4.69) is 10.6 Å². The van der Waals surface area contributed by atoms with Gasteiger partial charge in [-0.25, -0.2) is 4.79 Å². The molecule has 0 spiro atoms. The SMILES string of the molecule is O=C(NCc1ccc(C(F)(F)F)cc1)NC1CCOC1. The van der Waals surface area contributed by atoms with Crippen LogP contribution >= 0.6 is 0 Å². The minimum atomic E-state index is -4.34. The van der Waals surface area contributed by atoms with Gasteiger partial charge in [0.2, 0.25) is 0 Å². The van der Waals surface area contributed by atoms with Gasteiger partial charge in [0.1, 0.15) is 0 Å². The molecule has 1 aliphatic heterocycles. The lowest BCUT2D eigenvalue weighted by Gasteiger charge is -2.12. The minimum Gasteiger partial charge on any atom is -0.379 e. The second kappa shape index (κ2) is 6.13. The van der Waals surface area contributed by atoms with Crippen LogP contribution < -0.4 is 10.6 Å². The monoisotopic (exact) mass is 288 g/mol. The Balaban J connectivity index is 1.80. The molecule has 0 bridgehead atoms. The van der Waals surface area contributed by atoms with Gasteiger partial charge in [-0.3, -0.25) is 0 Å².